The molecule has 2 aliphatic carbocycles. The Hall–Kier alpha value is -1.78. The summed E-state index contributed by atoms with van der Waals surface area (Å²) in [6.07, 6.45) is 4.00. The van der Waals surface area contributed by atoms with E-state index in [0.29, 0.717) is 18.8 Å². The molecule has 2 saturated carbocycles. The Morgan fingerprint density at radius 2 is 1.79 bits per heavy atom. The predicted molar refractivity (Wildman–Crippen MR) is 84.4 cm³/mol. The van der Waals surface area contributed by atoms with E-state index in [2.05, 4.69) is 13.8 Å². The van der Waals surface area contributed by atoms with Crippen LogP contribution < -0.4 is 0 Å². The number of esters is 1. The van der Waals surface area contributed by atoms with Crippen molar-refractivity contribution in [2.75, 3.05) is 0 Å². The maximum absolute atomic E-state index is 13.3. The Morgan fingerprint density at radius 1 is 1.17 bits per heavy atom. The monoisotopic (exact) mass is 336 g/mol. The Morgan fingerprint density at radius 3 is 2.38 bits per heavy atom. The van der Waals surface area contributed by atoms with Gasteiger partial charge in [0.2, 0.25) is 0 Å². The van der Waals surface area contributed by atoms with Crippen LogP contribution in [0.1, 0.15) is 56.8 Å². The summed E-state index contributed by atoms with van der Waals surface area (Å²) in [6, 6.07) is 2.54. The van der Waals surface area contributed by atoms with E-state index in [9.17, 15) is 18.4 Å². The van der Waals surface area contributed by atoms with E-state index in [-0.39, 0.29) is 16.9 Å². The molecule has 0 amide bonds. The van der Waals surface area contributed by atoms with Gasteiger partial charge in [-0.3, -0.25) is 4.79 Å². The highest BCUT2D eigenvalue weighted by Crippen LogP contribution is 2.67. The zero-order valence-corrected chi connectivity index (χ0v) is 14.2. The van der Waals surface area contributed by atoms with Crippen molar-refractivity contribution in [2.45, 2.75) is 52.1 Å². The summed E-state index contributed by atoms with van der Waals surface area (Å²) in [5.41, 5.74) is -1.78. The summed E-state index contributed by atoms with van der Waals surface area (Å²) < 4.78 is 32.2. The highest BCUT2D eigenvalue weighted by molar-refractivity contribution is 5.91. The molecule has 24 heavy (non-hydrogen) atoms. The molecule has 0 saturated heterocycles. The fourth-order valence-electron chi connectivity index (χ4n) is 4.80. The van der Waals surface area contributed by atoms with E-state index in [1.165, 1.54) is 0 Å². The van der Waals surface area contributed by atoms with Crippen molar-refractivity contribution >= 4 is 12.3 Å². The third-order valence-corrected chi connectivity index (χ3v) is 6.27. The Bertz CT molecular complexity index is 680. The van der Waals surface area contributed by atoms with Gasteiger partial charge in [0.15, 0.2) is 11.9 Å². The quantitative estimate of drug-likeness (QED) is 0.611. The molecule has 2 fully saturated rings. The van der Waals surface area contributed by atoms with E-state index in [4.69, 9.17) is 4.74 Å². The molecule has 5 heteroatoms. The number of carbonyl (C=O) groups excluding carboxylic acids is 2. The first-order valence-electron chi connectivity index (χ1n) is 8.29. The number of aldehydes is 1. The van der Waals surface area contributed by atoms with Gasteiger partial charge in [0.25, 0.3) is 0 Å². The zero-order chi connectivity index (χ0) is 17.8. The van der Waals surface area contributed by atoms with Crippen molar-refractivity contribution in [1.29, 1.82) is 0 Å². The van der Waals surface area contributed by atoms with E-state index >= 15 is 0 Å². The average Bonchev–Trinajstić information content (AvgIpc) is 2.48. The summed E-state index contributed by atoms with van der Waals surface area (Å²) in [4.78, 5) is 24.2. The molecule has 0 aliphatic heterocycles. The Balaban J connectivity index is 1.88. The summed E-state index contributed by atoms with van der Waals surface area (Å²) in [5, 5.41) is 0. The van der Waals surface area contributed by atoms with Crippen LogP contribution in [0.4, 0.5) is 8.78 Å². The van der Waals surface area contributed by atoms with Crippen molar-refractivity contribution in [1.82, 2.24) is 0 Å². The first-order valence-corrected chi connectivity index (χ1v) is 8.29. The minimum atomic E-state index is -1.21. The first-order chi connectivity index (χ1) is 11.1. The van der Waals surface area contributed by atoms with Gasteiger partial charge in [-0.1, -0.05) is 27.2 Å². The van der Waals surface area contributed by atoms with Gasteiger partial charge < -0.3 is 4.74 Å². The zero-order valence-electron chi connectivity index (χ0n) is 14.2. The van der Waals surface area contributed by atoms with E-state index < -0.39 is 28.6 Å². The second-order valence-corrected chi connectivity index (χ2v) is 8.07. The molecule has 3 nitrogen and oxygen atoms in total. The highest BCUT2D eigenvalue weighted by Gasteiger charge is 2.69. The fourth-order valence-corrected chi connectivity index (χ4v) is 4.80. The molecule has 0 aromatic heterocycles. The summed E-state index contributed by atoms with van der Waals surface area (Å²) in [7, 11) is 0. The van der Waals surface area contributed by atoms with Crippen LogP contribution in [0.15, 0.2) is 18.2 Å². The number of hydrogen-bond donors (Lipinski definition) is 0. The molecule has 2 aliphatic rings. The van der Waals surface area contributed by atoms with Gasteiger partial charge in [-0.2, -0.15) is 0 Å². The molecule has 0 radical (unpaired) electrons. The summed E-state index contributed by atoms with van der Waals surface area (Å²) in [6.45, 7) is 6.33. The number of rotatable bonds is 3. The van der Waals surface area contributed by atoms with E-state index in [1.807, 2.05) is 6.92 Å². The lowest BCUT2D eigenvalue weighted by Crippen LogP contribution is -2.69. The minimum Gasteiger partial charge on any atom is -0.447 e. The highest BCUT2D eigenvalue weighted by atomic mass is 19.1. The molecule has 0 bridgehead atoms. The van der Waals surface area contributed by atoms with Gasteiger partial charge in [-0.15, -0.1) is 0 Å². The first kappa shape index (κ1) is 17.1. The summed E-state index contributed by atoms with van der Waals surface area (Å²) in [5.74, 6) is -2.28. The van der Waals surface area contributed by atoms with Crippen LogP contribution in [0.3, 0.4) is 0 Å². The second kappa shape index (κ2) is 5.36. The number of halogens is 2. The number of carbonyl (C=O) groups is 2. The normalized spacial score (nSPS) is 34.0. The standard InChI is InChI=1S/C19H22F2O3/c1-17(2)5-4-6-18(3)15(17)10-19(18,11-22)24-16(23)12-7-13(20)9-14(21)8-12/h7-9,11,15H,4-6,10H2,1-3H3/t15?,18-,19+/m0/s1. The largest absolute Gasteiger partial charge is 0.447 e. The average molecular weight is 336 g/mol. The molecule has 0 N–H and O–H groups in total. The van der Waals surface area contributed by atoms with Gasteiger partial charge in [0.1, 0.15) is 11.6 Å². The third kappa shape index (κ3) is 2.36. The van der Waals surface area contributed by atoms with Gasteiger partial charge in [-0.05, 0) is 42.7 Å². The number of fused-ring (bicyclic) bond motifs is 1. The lowest BCUT2D eigenvalue weighted by atomic mass is 9.40. The van der Waals surface area contributed by atoms with Crippen LogP contribution in [0, 0.1) is 28.4 Å². The minimum absolute atomic E-state index is 0.0802. The molecular formula is C19H22F2O3. The van der Waals surface area contributed by atoms with Gasteiger partial charge in [-0.25, -0.2) is 13.6 Å². The number of benzene rings is 1. The molecule has 0 spiro atoms. The molecular weight excluding hydrogens is 314 g/mol. The maximum atomic E-state index is 13.3. The molecule has 0 heterocycles. The fraction of sp³-hybridized carbons (Fsp3) is 0.579. The van der Waals surface area contributed by atoms with Crippen molar-refractivity contribution in [3.8, 4) is 0 Å². The number of ether oxygens (including phenoxy) is 1. The molecule has 1 unspecified atom stereocenters. The predicted octanol–water partition coefficient (Wildman–Crippen LogP) is 4.30. The van der Waals surface area contributed by atoms with Crippen LogP contribution in [0.5, 0.6) is 0 Å². The van der Waals surface area contributed by atoms with Crippen molar-refractivity contribution in [3.05, 3.63) is 35.4 Å². The molecule has 130 valence electrons. The Kier molecular flexibility index (Phi) is 3.81. The van der Waals surface area contributed by atoms with Crippen molar-refractivity contribution in [3.63, 3.8) is 0 Å². The Labute approximate surface area is 140 Å². The van der Waals surface area contributed by atoms with Crippen LogP contribution in [-0.2, 0) is 9.53 Å². The lowest BCUT2D eigenvalue weighted by molar-refractivity contribution is -0.235. The smallest absolute Gasteiger partial charge is 0.339 e. The number of hydrogen-bond acceptors (Lipinski definition) is 3. The van der Waals surface area contributed by atoms with Crippen LogP contribution in [-0.4, -0.2) is 17.9 Å². The third-order valence-electron chi connectivity index (χ3n) is 6.27. The van der Waals surface area contributed by atoms with Crippen LogP contribution in [0.25, 0.3) is 0 Å². The van der Waals surface area contributed by atoms with Gasteiger partial charge >= 0.3 is 5.97 Å². The lowest BCUT2D eigenvalue weighted by Gasteiger charge is -2.66. The van der Waals surface area contributed by atoms with Crippen LogP contribution >= 0.6 is 0 Å². The van der Waals surface area contributed by atoms with Crippen molar-refractivity contribution < 1.29 is 23.1 Å². The molecule has 1 aromatic carbocycles. The summed E-state index contributed by atoms with van der Waals surface area (Å²) >= 11 is 0. The van der Waals surface area contributed by atoms with Gasteiger partial charge in [0.05, 0.1) is 5.56 Å². The van der Waals surface area contributed by atoms with Crippen LogP contribution in [0.2, 0.25) is 0 Å². The SMILES string of the molecule is CC1(C)CCC[C@@]2(C)C1C[C@]2(C=O)OC(=O)c1cc(F)cc(F)c1. The maximum Gasteiger partial charge on any atom is 0.339 e. The van der Waals surface area contributed by atoms with E-state index in [1.54, 1.807) is 0 Å². The van der Waals surface area contributed by atoms with E-state index in [0.717, 1.165) is 31.4 Å². The molecule has 3 rings (SSSR count). The second-order valence-electron chi connectivity index (χ2n) is 8.07. The topological polar surface area (TPSA) is 43.4 Å². The van der Waals surface area contributed by atoms with Crippen molar-refractivity contribution in [2.24, 2.45) is 16.7 Å². The molecule has 3 atom stereocenters. The van der Waals surface area contributed by atoms with Gasteiger partial charge in [0, 0.05) is 11.5 Å². The molecule has 1 aromatic rings.